The molecule has 0 saturated heterocycles. The number of anilines is 1. The number of aromatic nitrogens is 2. The van der Waals surface area contributed by atoms with Crippen LogP contribution < -0.4 is 5.73 Å². The first-order valence-electron chi connectivity index (χ1n) is 3.71. The van der Waals surface area contributed by atoms with E-state index in [9.17, 15) is 4.39 Å². The van der Waals surface area contributed by atoms with Crippen molar-refractivity contribution in [1.82, 2.24) is 10.2 Å². The van der Waals surface area contributed by atoms with Gasteiger partial charge in [-0.2, -0.15) is 0 Å². The van der Waals surface area contributed by atoms with Crippen LogP contribution in [0, 0.1) is 5.82 Å². The summed E-state index contributed by atoms with van der Waals surface area (Å²) in [7, 11) is 0. The van der Waals surface area contributed by atoms with Gasteiger partial charge in [0.05, 0.1) is 4.47 Å². The van der Waals surface area contributed by atoms with Gasteiger partial charge in [-0.15, -0.1) is 5.10 Å². The van der Waals surface area contributed by atoms with E-state index in [-0.39, 0.29) is 17.7 Å². The summed E-state index contributed by atoms with van der Waals surface area (Å²) in [4.78, 5) is 0. The van der Waals surface area contributed by atoms with Crippen LogP contribution in [0.4, 0.5) is 10.4 Å². The zero-order valence-corrected chi connectivity index (χ0v) is 8.45. The number of halogens is 2. The molecule has 0 aliphatic rings. The van der Waals surface area contributed by atoms with E-state index < -0.39 is 0 Å². The molecule has 0 fully saturated rings. The van der Waals surface area contributed by atoms with Crippen molar-refractivity contribution in [2.75, 3.05) is 5.73 Å². The number of hydrogen-bond donors (Lipinski definition) is 1. The van der Waals surface area contributed by atoms with E-state index in [0.717, 1.165) is 0 Å². The molecule has 14 heavy (non-hydrogen) atoms. The number of hydrogen-bond acceptors (Lipinski definition) is 4. The molecule has 0 saturated carbocycles. The van der Waals surface area contributed by atoms with Crippen LogP contribution in [0.1, 0.15) is 0 Å². The van der Waals surface area contributed by atoms with Crippen LogP contribution in [-0.2, 0) is 0 Å². The van der Waals surface area contributed by atoms with Crippen molar-refractivity contribution in [3.8, 4) is 11.5 Å². The first kappa shape index (κ1) is 9.14. The zero-order chi connectivity index (χ0) is 10.1. The molecule has 0 bridgehead atoms. The molecule has 2 aromatic rings. The lowest BCUT2D eigenvalue weighted by atomic mass is 10.2. The van der Waals surface area contributed by atoms with Crippen LogP contribution >= 0.6 is 15.9 Å². The highest BCUT2D eigenvalue weighted by Gasteiger charge is 2.08. The summed E-state index contributed by atoms with van der Waals surface area (Å²) < 4.78 is 18.2. The maximum atomic E-state index is 12.9. The van der Waals surface area contributed by atoms with E-state index >= 15 is 0 Å². The summed E-state index contributed by atoms with van der Waals surface area (Å²) >= 11 is 3.05. The van der Waals surface area contributed by atoms with Crippen molar-refractivity contribution in [2.24, 2.45) is 0 Å². The Morgan fingerprint density at radius 1 is 1.36 bits per heavy atom. The van der Waals surface area contributed by atoms with Crippen molar-refractivity contribution in [3.63, 3.8) is 0 Å². The van der Waals surface area contributed by atoms with Crippen molar-refractivity contribution >= 4 is 21.9 Å². The average Bonchev–Trinajstić information content (AvgIpc) is 2.57. The Hall–Kier alpha value is -1.43. The number of nitrogens with zero attached hydrogens (tertiary/aromatic N) is 2. The van der Waals surface area contributed by atoms with Gasteiger partial charge >= 0.3 is 6.01 Å². The second kappa shape index (κ2) is 3.38. The fourth-order valence-corrected chi connectivity index (χ4v) is 1.36. The SMILES string of the molecule is Nc1nnc(-c2ccc(F)c(Br)c2)o1. The number of benzene rings is 1. The molecule has 0 aliphatic heterocycles. The van der Waals surface area contributed by atoms with Gasteiger partial charge < -0.3 is 10.2 Å². The summed E-state index contributed by atoms with van der Waals surface area (Å²) in [6.07, 6.45) is 0. The molecule has 4 nitrogen and oxygen atoms in total. The molecule has 1 aromatic heterocycles. The van der Waals surface area contributed by atoms with E-state index in [4.69, 9.17) is 10.2 Å². The van der Waals surface area contributed by atoms with Crippen LogP contribution in [-0.4, -0.2) is 10.2 Å². The van der Waals surface area contributed by atoms with Crippen molar-refractivity contribution in [3.05, 3.63) is 28.5 Å². The Bertz CT molecular complexity index is 471. The Morgan fingerprint density at radius 3 is 2.71 bits per heavy atom. The van der Waals surface area contributed by atoms with Gasteiger partial charge in [0.15, 0.2) is 0 Å². The molecule has 72 valence electrons. The van der Waals surface area contributed by atoms with Crippen LogP contribution in [0.15, 0.2) is 27.1 Å². The normalized spacial score (nSPS) is 10.4. The second-order valence-corrected chi connectivity index (χ2v) is 3.43. The lowest BCUT2D eigenvalue weighted by Gasteiger charge is -1.96. The van der Waals surface area contributed by atoms with Crippen LogP contribution in [0.2, 0.25) is 0 Å². The molecule has 0 radical (unpaired) electrons. The van der Waals surface area contributed by atoms with Gasteiger partial charge in [-0.25, -0.2) is 4.39 Å². The predicted octanol–water partition coefficient (Wildman–Crippen LogP) is 2.22. The maximum absolute atomic E-state index is 12.9. The fourth-order valence-electron chi connectivity index (χ4n) is 0.980. The Kier molecular flexibility index (Phi) is 2.20. The molecule has 0 atom stereocenters. The van der Waals surface area contributed by atoms with Gasteiger partial charge in [0.2, 0.25) is 5.89 Å². The van der Waals surface area contributed by atoms with Crippen LogP contribution in [0.25, 0.3) is 11.5 Å². The highest BCUT2D eigenvalue weighted by atomic mass is 79.9. The quantitative estimate of drug-likeness (QED) is 0.851. The molecule has 1 aromatic carbocycles. The van der Waals surface area contributed by atoms with Crippen molar-refractivity contribution in [1.29, 1.82) is 0 Å². The summed E-state index contributed by atoms with van der Waals surface area (Å²) in [5.74, 6) is -0.0792. The number of nitrogen functional groups attached to an aromatic ring is 1. The van der Waals surface area contributed by atoms with Gasteiger partial charge in [-0.1, -0.05) is 5.10 Å². The van der Waals surface area contributed by atoms with Gasteiger partial charge in [0.25, 0.3) is 0 Å². The van der Waals surface area contributed by atoms with E-state index in [0.29, 0.717) is 10.0 Å². The summed E-state index contributed by atoms with van der Waals surface area (Å²) in [5.41, 5.74) is 5.87. The van der Waals surface area contributed by atoms with E-state index in [1.807, 2.05) is 0 Å². The van der Waals surface area contributed by atoms with E-state index in [1.54, 1.807) is 6.07 Å². The lowest BCUT2D eigenvalue weighted by Crippen LogP contribution is -1.81. The molecular weight excluding hydrogens is 253 g/mol. The van der Waals surface area contributed by atoms with Gasteiger partial charge in [-0.05, 0) is 34.1 Å². The summed E-state index contributed by atoms with van der Waals surface area (Å²) in [6, 6.07) is 4.37. The third kappa shape index (κ3) is 1.60. The molecular formula is C8H5BrFN3O. The Morgan fingerprint density at radius 2 is 2.14 bits per heavy atom. The van der Waals surface area contributed by atoms with Crippen molar-refractivity contribution in [2.45, 2.75) is 0 Å². The third-order valence-electron chi connectivity index (χ3n) is 1.61. The zero-order valence-electron chi connectivity index (χ0n) is 6.87. The third-order valence-corrected chi connectivity index (χ3v) is 2.21. The molecule has 2 N–H and O–H groups in total. The minimum absolute atomic E-state index is 0.0135. The van der Waals surface area contributed by atoms with Gasteiger partial charge in [-0.3, -0.25) is 0 Å². The van der Waals surface area contributed by atoms with Crippen molar-refractivity contribution < 1.29 is 8.81 Å². The van der Waals surface area contributed by atoms with Gasteiger partial charge in [0.1, 0.15) is 5.82 Å². The standard InChI is InChI=1S/C8H5BrFN3O/c9-5-3-4(1-2-6(5)10)7-12-13-8(11)14-7/h1-3H,(H2,11,13). The molecule has 1 heterocycles. The molecule has 2 rings (SSSR count). The second-order valence-electron chi connectivity index (χ2n) is 2.57. The molecule has 0 aliphatic carbocycles. The predicted molar refractivity (Wildman–Crippen MR) is 51.8 cm³/mol. The maximum Gasteiger partial charge on any atom is 0.313 e. The minimum atomic E-state index is -0.346. The van der Waals surface area contributed by atoms with E-state index in [1.165, 1.54) is 12.1 Å². The molecule has 0 unspecified atom stereocenters. The smallest absolute Gasteiger partial charge is 0.313 e. The van der Waals surface area contributed by atoms with Crippen LogP contribution in [0.3, 0.4) is 0 Å². The van der Waals surface area contributed by atoms with Crippen LogP contribution in [0.5, 0.6) is 0 Å². The lowest BCUT2D eigenvalue weighted by molar-refractivity contribution is 0.589. The first-order valence-corrected chi connectivity index (χ1v) is 4.50. The minimum Gasteiger partial charge on any atom is -0.404 e. The highest BCUT2D eigenvalue weighted by Crippen LogP contribution is 2.24. The largest absolute Gasteiger partial charge is 0.404 e. The Labute approximate surface area is 87.1 Å². The average molecular weight is 258 g/mol. The summed E-state index contributed by atoms with van der Waals surface area (Å²) in [6.45, 7) is 0. The van der Waals surface area contributed by atoms with Gasteiger partial charge in [0, 0.05) is 5.56 Å². The number of nitrogens with two attached hydrogens (primary N) is 1. The Balaban J connectivity index is 2.47. The first-order chi connectivity index (χ1) is 6.66. The topological polar surface area (TPSA) is 64.9 Å². The monoisotopic (exact) mass is 257 g/mol. The summed E-state index contributed by atoms with van der Waals surface area (Å²) in [5, 5.41) is 7.17. The molecule has 0 amide bonds. The molecule has 6 heteroatoms. The fraction of sp³-hybridized carbons (Fsp3) is 0. The number of rotatable bonds is 1. The highest BCUT2D eigenvalue weighted by molar-refractivity contribution is 9.10. The van der Waals surface area contributed by atoms with E-state index in [2.05, 4.69) is 26.1 Å². The molecule has 0 spiro atoms.